The summed E-state index contributed by atoms with van der Waals surface area (Å²) < 4.78 is 32.2. The quantitative estimate of drug-likeness (QED) is 0.284. The Morgan fingerprint density at radius 2 is 1.80 bits per heavy atom. The van der Waals surface area contributed by atoms with Crippen LogP contribution in [0.4, 0.5) is 0 Å². The van der Waals surface area contributed by atoms with E-state index in [-0.39, 0.29) is 16.9 Å². The molecule has 0 bridgehead atoms. The Kier molecular flexibility index (Phi) is 8.00. The van der Waals surface area contributed by atoms with Crippen LogP contribution in [0.2, 0.25) is 0 Å². The molecule has 0 aliphatic heterocycles. The van der Waals surface area contributed by atoms with E-state index in [0.29, 0.717) is 31.6 Å². The maximum Gasteiger partial charge on any atom is 0.291 e. The fourth-order valence-corrected chi connectivity index (χ4v) is 2.49. The molecule has 1 amide bonds. The molecule has 20 heavy (non-hydrogen) atoms. The number of rotatable bonds is 10. The molecule has 0 rings (SSSR count). The molecule has 0 aliphatic rings. The van der Waals surface area contributed by atoms with Crippen molar-refractivity contribution < 1.29 is 22.4 Å². The van der Waals surface area contributed by atoms with Gasteiger partial charge in [-0.25, -0.2) is 13.0 Å². The van der Waals surface area contributed by atoms with Gasteiger partial charge in [-0.05, 0) is 20.3 Å². The molecule has 0 aliphatic carbocycles. The lowest BCUT2D eigenvalue weighted by atomic mass is 10.2. The van der Waals surface area contributed by atoms with Crippen LogP contribution in [-0.2, 0) is 14.9 Å². The first kappa shape index (κ1) is 19.1. The van der Waals surface area contributed by atoms with Crippen molar-refractivity contribution >= 4 is 16.0 Å². The number of carbonyl (C=O) groups is 1. The van der Waals surface area contributed by atoms with E-state index in [4.69, 9.17) is 0 Å². The number of hydrogen-bond donors (Lipinski definition) is 1. The average Bonchev–Trinajstić information content (AvgIpc) is 2.36. The number of nitrogens with zero attached hydrogens (tertiary/aromatic N) is 1. The molecular weight excluding hydrogens is 280 g/mol. The van der Waals surface area contributed by atoms with Crippen molar-refractivity contribution in [2.24, 2.45) is 0 Å². The lowest BCUT2D eigenvalue weighted by Crippen LogP contribution is -2.60. The van der Waals surface area contributed by atoms with Crippen molar-refractivity contribution in [3.05, 3.63) is 12.2 Å². The van der Waals surface area contributed by atoms with Gasteiger partial charge in [-0.3, -0.25) is 4.79 Å². The number of carbonyl (C=O) groups excluding carboxylic acids is 1. The van der Waals surface area contributed by atoms with Crippen LogP contribution in [0.1, 0.15) is 40.0 Å². The van der Waals surface area contributed by atoms with Crippen molar-refractivity contribution in [1.29, 1.82) is 0 Å². The SMILES string of the molecule is C=C(CCC)C(=O)N[N+](CC)(CC)CCCS(=O)(=O)[O-]. The first-order valence-corrected chi connectivity index (χ1v) is 8.57. The summed E-state index contributed by atoms with van der Waals surface area (Å²) >= 11 is 0. The highest BCUT2D eigenvalue weighted by Crippen LogP contribution is 2.08. The third kappa shape index (κ3) is 7.02. The standard InChI is InChI=1S/C13H26N2O4S/c1-5-9-12(4)13(16)14-15(6-2,7-3)10-8-11-20(17,18)19/h4-11H2,1-3H3,(H-,14,16,17,18,19). The maximum atomic E-state index is 12.0. The van der Waals surface area contributed by atoms with Crippen molar-refractivity contribution in [2.45, 2.75) is 40.0 Å². The van der Waals surface area contributed by atoms with Gasteiger partial charge in [-0.15, -0.1) is 0 Å². The predicted molar refractivity (Wildman–Crippen MR) is 77.6 cm³/mol. The number of hydrogen-bond acceptors (Lipinski definition) is 4. The first-order valence-electron chi connectivity index (χ1n) is 6.99. The van der Waals surface area contributed by atoms with E-state index in [9.17, 15) is 17.8 Å². The van der Waals surface area contributed by atoms with Crippen LogP contribution in [0.5, 0.6) is 0 Å². The Bertz CT molecular complexity index is 428. The summed E-state index contributed by atoms with van der Waals surface area (Å²) in [5, 5.41) is 0. The van der Waals surface area contributed by atoms with E-state index in [1.165, 1.54) is 0 Å². The molecule has 0 saturated heterocycles. The van der Waals surface area contributed by atoms with E-state index in [1.807, 2.05) is 20.8 Å². The van der Waals surface area contributed by atoms with E-state index in [0.717, 1.165) is 6.42 Å². The zero-order valence-corrected chi connectivity index (χ0v) is 13.5. The van der Waals surface area contributed by atoms with Gasteiger partial charge < -0.3 is 4.55 Å². The minimum Gasteiger partial charge on any atom is -0.748 e. The van der Waals surface area contributed by atoms with Crippen molar-refractivity contribution in [3.8, 4) is 0 Å². The summed E-state index contributed by atoms with van der Waals surface area (Å²) in [5.74, 6) is -0.612. The highest BCUT2D eigenvalue weighted by atomic mass is 32.2. The Labute approximate surface area is 122 Å². The minimum absolute atomic E-state index is 0.208. The summed E-state index contributed by atoms with van der Waals surface area (Å²) in [7, 11) is -4.21. The predicted octanol–water partition coefficient (Wildman–Crippen LogP) is 1.17. The Morgan fingerprint density at radius 3 is 2.20 bits per heavy atom. The minimum atomic E-state index is -4.21. The number of nitrogens with one attached hydrogen (secondary N) is 1. The molecule has 7 heteroatoms. The van der Waals surface area contributed by atoms with E-state index >= 15 is 0 Å². The van der Waals surface area contributed by atoms with Gasteiger partial charge in [0, 0.05) is 17.7 Å². The smallest absolute Gasteiger partial charge is 0.291 e. The van der Waals surface area contributed by atoms with Gasteiger partial charge in [0.25, 0.3) is 5.91 Å². The molecule has 0 aromatic rings. The molecule has 0 saturated carbocycles. The molecular formula is C13H26N2O4S. The van der Waals surface area contributed by atoms with Gasteiger partial charge >= 0.3 is 0 Å². The van der Waals surface area contributed by atoms with Gasteiger partial charge in [-0.2, -0.15) is 5.43 Å². The monoisotopic (exact) mass is 306 g/mol. The van der Waals surface area contributed by atoms with Gasteiger partial charge in [0.15, 0.2) is 0 Å². The van der Waals surface area contributed by atoms with Gasteiger partial charge in [0.1, 0.15) is 6.54 Å². The molecule has 0 heterocycles. The summed E-state index contributed by atoms with van der Waals surface area (Å²) in [6.07, 6.45) is 1.71. The number of amides is 1. The topological polar surface area (TPSA) is 86.3 Å². The zero-order chi connectivity index (χ0) is 15.8. The molecule has 0 radical (unpaired) electrons. The van der Waals surface area contributed by atoms with Crippen LogP contribution < -0.4 is 5.43 Å². The third-order valence-corrected chi connectivity index (χ3v) is 4.19. The number of quaternary nitrogens is 1. The zero-order valence-electron chi connectivity index (χ0n) is 12.6. The second-order valence-corrected chi connectivity index (χ2v) is 6.43. The molecule has 118 valence electrons. The Hall–Kier alpha value is -0.920. The molecule has 0 atom stereocenters. The highest BCUT2D eigenvalue weighted by Gasteiger charge is 2.27. The fraction of sp³-hybridized carbons (Fsp3) is 0.769. The third-order valence-electron chi connectivity index (χ3n) is 3.40. The molecule has 0 spiro atoms. The van der Waals surface area contributed by atoms with E-state index < -0.39 is 15.9 Å². The summed E-state index contributed by atoms with van der Waals surface area (Å²) in [6, 6.07) is 0. The van der Waals surface area contributed by atoms with Crippen LogP contribution in [0.3, 0.4) is 0 Å². The second kappa shape index (κ2) is 8.39. The second-order valence-electron chi connectivity index (χ2n) is 4.91. The average molecular weight is 306 g/mol. The Morgan fingerprint density at radius 1 is 1.25 bits per heavy atom. The molecule has 0 aromatic carbocycles. The lowest BCUT2D eigenvalue weighted by Gasteiger charge is -2.36. The van der Waals surface area contributed by atoms with Crippen molar-refractivity contribution in [1.82, 2.24) is 5.43 Å². The van der Waals surface area contributed by atoms with Crippen LogP contribution in [0.25, 0.3) is 0 Å². The first-order chi connectivity index (χ1) is 9.19. The van der Waals surface area contributed by atoms with Crippen LogP contribution in [-0.4, -0.2) is 48.9 Å². The molecule has 0 fully saturated rings. The fourth-order valence-electron chi connectivity index (χ4n) is 2.01. The van der Waals surface area contributed by atoms with Crippen molar-refractivity contribution in [2.75, 3.05) is 25.4 Å². The van der Waals surface area contributed by atoms with Crippen molar-refractivity contribution in [3.63, 3.8) is 0 Å². The summed E-state index contributed by atoms with van der Waals surface area (Å²) in [6.45, 7) is 11.2. The van der Waals surface area contributed by atoms with E-state index in [2.05, 4.69) is 12.0 Å². The summed E-state index contributed by atoms with van der Waals surface area (Å²) in [5.41, 5.74) is 3.42. The maximum absolute atomic E-state index is 12.0. The largest absolute Gasteiger partial charge is 0.748 e. The summed E-state index contributed by atoms with van der Waals surface area (Å²) in [4.78, 5) is 12.0. The Balaban J connectivity index is 4.67. The highest BCUT2D eigenvalue weighted by molar-refractivity contribution is 7.85. The molecule has 6 nitrogen and oxygen atoms in total. The van der Waals surface area contributed by atoms with Gasteiger partial charge in [0.2, 0.25) is 0 Å². The molecule has 0 unspecified atom stereocenters. The molecule has 0 aromatic heterocycles. The normalized spacial score (nSPS) is 12.2. The van der Waals surface area contributed by atoms with Gasteiger partial charge in [0.05, 0.1) is 23.2 Å². The lowest BCUT2D eigenvalue weighted by molar-refractivity contribution is -0.958. The van der Waals surface area contributed by atoms with Gasteiger partial charge in [-0.1, -0.05) is 19.9 Å². The van der Waals surface area contributed by atoms with Crippen LogP contribution in [0.15, 0.2) is 12.2 Å². The van der Waals surface area contributed by atoms with E-state index in [1.54, 1.807) is 0 Å². The molecule has 1 N–H and O–H groups in total. The van der Waals surface area contributed by atoms with Crippen LogP contribution >= 0.6 is 0 Å². The van der Waals surface area contributed by atoms with Crippen LogP contribution in [0, 0.1) is 0 Å².